The van der Waals surface area contributed by atoms with Crippen LogP contribution in [-0.2, 0) is 19.6 Å². The standard InChI is InChI=1S/C20H26N2O5S/c1-5-20(23)22-15-10-11-19(14(2)12-15)28(24,25)21-13-18(27-4)16-8-6-7-9-17(16)26-3/h6-12,18,21H,5,13H2,1-4H3,(H,22,23). The monoisotopic (exact) mass is 406 g/mol. The van der Waals surface area contributed by atoms with E-state index in [9.17, 15) is 13.2 Å². The third-order valence-corrected chi connectivity index (χ3v) is 5.88. The Hall–Kier alpha value is -2.42. The number of sulfonamides is 1. The fourth-order valence-corrected chi connectivity index (χ4v) is 4.05. The van der Waals surface area contributed by atoms with Gasteiger partial charge in [0.1, 0.15) is 5.75 Å². The summed E-state index contributed by atoms with van der Waals surface area (Å²) < 4.78 is 38.9. The lowest BCUT2D eigenvalue weighted by Gasteiger charge is -2.19. The third-order valence-electron chi connectivity index (χ3n) is 4.30. The normalized spacial score (nSPS) is 12.4. The number of aryl methyl sites for hydroxylation is 1. The van der Waals surface area contributed by atoms with Crippen molar-refractivity contribution < 1.29 is 22.7 Å². The number of anilines is 1. The van der Waals surface area contributed by atoms with Gasteiger partial charge in [-0.15, -0.1) is 0 Å². The van der Waals surface area contributed by atoms with Crippen LogP contribution in [0.2, 0.25) is 0 Å². The molecule has 0 bridgehead atoms. The maximum atomic E-state index is 12.8. The molecule has 0 saturated heterocycles. The molecule has 0 heterocycles. The van der Waals surface area contributed by atoms with Crippen LogP contribution in [0.4, 0.5) is 5.69 Å². The summed E-state index contributed by atoms with van der Waals surface area (Å²) in [5, 5.41) is 2.72. The topological polar surface area (TPSA) is 93.7 Å². The van der Waals surface area contributed by atoms with Crippen LogP contribution in [0.15, 0.2) is 47.4 Å². The van der Waals surface area contributed by atoms with E-state index in [0.717, 1.165) is 5.56 Å². The first-order valence-electron chi connectivity index (χ1n) is 8.88. The first-order chi connectivity index (χ1) is 13.3. The van der Waals surface area contributed by atoms with E-state index in [1.165, 1.54) is 13.2 Å². The molecule has 152 valence electrons. The molecule has 0 radical (unpaired) electrons. The molecule has 0 aliphatic carbocycles. The average molecular weight is 407 g/mol. The van der Waals surface area contributed by atoms with Gasteiger partial charge in [-0.3, -0.25) is 4.79 Å². The van der Waals surface area contributed by atoms with Crippen molar-refractivity contribution in [1.82, 2.24) is 4.72 Å². The number of benzene rings is 2. The van der Waals surface area contributed by atoms with Gasteiger partial charge in [0.15, 0.2) is 0 Å². The number of para-hydroxylation sites is 1. The van der Waals surface area contributed by atoms with Crippen LogP contribution < -0.4 is 14.8 Å². The van der Waals surface area contributed by atoms with Crippen molar-refractivity contribution in [2.24, 2.45) is 0 Å². The summed E-state index contributed by atoms with van der Waals surface area (Å²) >= 11 is 0. The molecule has 1 unspecified atom stereocenters. The summed E-state index contributed by atoms with van der Waals surface area (Å²) in [6, 6.07) is 12.0. The molecule has 2 N–H and O–H groups in total. The molecule has 2 rings (SSSR count). The summed E-state index contributed by atoms with van der Waals surface area (Å²) in [5.74, 6) is 0.494. The van der Waals surface area contributed by atoms with Gasteiger partial charge in [-0.1, -0.05) is 25.1 Å². The molecule has 0 saturated carbocycles. The van der Waals surface area contributed by atoms with Gasteiger partial charge in [0.05, 0.1) is 18.1 Å². The Morgan fingerprint density at radius 2 is 1.86 bits per heavy atom. The van der Waals surface area contributed by atoms with Crippen LogP contribution in [0.25, 0.3) is 0 Å². The predicted molar refractivity (Wildman–Crippen MR) is 108 cm³/mol. The molecule has 2 aromatic rings. The van der Waals surface area contributed by atoms with Crippen LogP contribution in [0.5, 0.6) is 5.75 Å². The minimum atomic E-state index is -3.76. The largest absolute Gasteiger partial charge is 0.496 e. The second-order valence-corrected chi connectivity index (χ2v) is 7.94. The maximum Gasteiger partial charge on any atom is 0.240 e. The summed E-state index contributed by atoms with van der Waals surface area (Å²) in [4.78, 5) is 11.7. The third kappa shape index (κ3) is 5.31. The molecule has 1 atom stereocenters. The summed E-state index contributed by atoms with van der Waals surface area (Å²) in [5.41, 5.74) is 1.85. The molecule has 7 nitrogen and oxygen atoms in total. The predicted octanol–water partition coefficient (Wildman–Crippen LogP) is 3.02. The Morgan fingerprint density at radius 3 is 2.46 bits per heavy atom. The van der Waals surface area contributed by atoms with E-state index in [4.69, 9.17) is 9.47 Å². The quantitative estimate of drug-likeness (QED) is 0.668. The van der Waals surface area contributed by atoms with E-state index in [-0.39, 0.29) is 17.3 Å². The van der Waals surface area contributed by atoms with Crippen molar-refractivity contribution >= 4 is 21.6 Å². The van der Waals surface area contributed by atoms with Crippen molar-refractivity contribution in [3.8, 4) is 5.75 Å². The van der Waals surface area contributed by atoms with Gasteiger partial charge in [0, 0.05) is 31.3 Å². The smallest absolute Gasteiger partial charge is 0.240 e. The van der Waals surface area contributed by atoms with E-state index in [1.807, 2.05) is 18.2 Å². The van der Waals surface area contributed by atoms with Gasteiger partial charge in [-0.2, -0.15) is 0 Å². The Balaban J connectivity index is 2.17. The van der Waals surface area contributed by atoms with E-state index in [1.54, 1.807) is 39.2 Å². The van der Waals surface area contributed by atoms with E-state index in [0.29, 0.717) is 23.4 Å². The molecule has 2 aromatic carbocycles. The SMILES string of the molecule is CCC(=O)Nc1ccc(S(=O)(=O)NCC(OC)c2ccccc2OC)c(C)c1. The number of nitrogens with one attached hydrogen (secondary N) is 2. The fraction of sp³-hybridized carbons (Fsp3) is 0.350. The molecule has 8 heteroatoms. The van der Waals surface area contributed by atoms with Gasteiger partial charge in [0.25, 0.3) is 0 Å². The molecule has 1 amide bonds. The first-order valence-corrected chi connectivity index (χ1v) is 10.4. The number of hydrogen-bond acceptors (Lipinski definition) is 5. The average Bonchev–Trinajstić information content (AvgIpc) is 2.68. The van der Waals surface area contributed by atoms with Crippen LogP contribution in [0, 0.1) is 6.92 Å². The molecular weight excluding hydrogens is 380 g/mol. The van der Waals surface area contributed by atoms with Crippen LogP contribution in [0.3, 0.4) is 0 Å². The van der Waals surface area contributed by atoms with Gasteiger partial charge in [-0.05, 0) is 36.8 Å². The lowest BCUT2D eigenvalue weighted by molar-refractivity contribution is -0.115. The highest BCUT2D eigenvalue weighted by Crippen LogP contribution is 2.27. The molecule has 0 aliphatic heterocycles. The maximum absolute atomic E-state index is 12.8. The Kier molecular flexibility index (Phi) is 7.56. The van der Waals surface area contributed by atoms with Crippen molar-refractivity contribution in [2.45, 2.75) is 31.3 Å². The zero-order valence-corrected chi connectivity index (χ0v) is 17.3. The fourth-order valence-electron chi connectivity index (χ4n) is 2.79. The van der Waals surface area contributed by atoms with E-state index in [2.05, 4.69) is 10.0 Å². The molecule has 0 fully saturated rings. The second-order valence-electron chi connectivity index (χ2n) is 6.20. The van der Waals surface area contributed by atoms with Crippen molar-refractivity contribution in [1.29, 1.82) is 0 Å². The number of ether oxygens (including phenoxy) is 2. The van der Waals surface area contributed by atoms with E-state index >= 15 is 0 Å². The highest BCUT2D eigenvalue weighted by atomic mass is 32.2. The van der Waals surface area contributed by atoms with Gasteiger partial charge < -0.3 is 14.8 Å². The lowest BCUT2D eigenvalue weighted by atomic mass is 10.1. The molecule has 28 heavy (non-hydrogen) atoms. The minimum absolute atomic E-state index is 0.0486. The second kappa shape index (κ2) is 9.68. The summed E-state index contributed by atoms with van der Waals surface area (Å²) in [6.45, 7) is 3.48. The highest BCUT2D eigenvalue weighted by Gasteiger charge is 2.21. The molecular formula is C20H26N2O5S. The Labute approximate surface area is 166 Å². The number of carbonyl (C=O) groups is 1. The number of hydrogen-bond donors (Lipinski definition) is 2. The van der Waals surface area contributed by atoms with Gasteiger partial charge in [-0.25, -0.2) is 13.1 Å². The van der Waals surface area contributed by atoms with Crippen molar-refractivity contribution in [2.75, 3.05) is 26.1 Å². The number of amides is 1. The van der Waals surface area contributed by atoms with Gasteiger partial charge in [0.2, 0.25) is 15.9 Å². The summed E-state index contributed by atoms with van der Waals surface area (Å²) in [6.07, 6.45) is -0.156. The molecule has 0 aromatic heterocycles. The van der Waals surface area contributed by atoms with Crippen molar-refractivity contribution in [3.05, 3.63) is 53.6 Å². The Morgan fingerprint density at radius 1 is 1.14 bits per heavy atom. The number of carbonyl (C=O) groups excluding carboxylic acids is 1. The van der Waals surface area contributed by atoms with Gasteiger partial charge >= 0.3 is 0 Å². The highest BCUT2D eigenvalue weighted by molar-refractivity contribution is 7.89. The minimum Gasteiger partial charge on any atom is -0.496 e. The number of methoxy groups -OCH3 is 2. The zero-order valence-electron chi connectivity index (χ0n) is 16.5. The molecule has 0 aliphatic rings. The zero-order chi connectivity index (χ0) is 20.7. The summed E-state index contributed by atoms with van der Waals surface area (Å²) in [7, 11) is -0.689. The van der Waals surface area contributed by atoms with Crippen LogP contribution in [0.1, 0.15) is 30.6 Å². The molecule has 0 spiro atoms. The first kappa shape index (κ1) is 21.9. The Bertz CT molecular complexity index is 928. The van der Waals surface area contributed by atoms with Crippen molar-refractivity contribution in [3.63, 3.8) is 0 Å². The lowest BCUT2D eigenvalue weighted by Crippen LogP contribution is -2.30. The van der Waals surface area contributed by atoms with Crippen LogP contribution in [-0.4, -0.2) is 35.1 Å². The van der Waals surface area contributed by atoms with Crippen LogP contribution >= 0.6 is 0 Å². The van der Waals surface area contributed by atoms with E-state index < -0.39 is 16.1 Å². The number of rotatable bonds is 9.